The van der Waals surface area contributed by atoms with Crippen molar-refractivity contribution >= 4 is 45.7 Å². The number of hydrogen-bond donors (Lipinski definition) is 1. The van der Waals surface area contributed by atoms with Crippen LogP contribution in [-0.4, -0.2) is 30.3 Å². The van der Waals surface area contributed by atoms with Crippen LogP contribution in [0.2, 0.25) is 0 Å². The SMILES string of the molecule is COc1cc(C)c(NC(=O)c2oc3ccccc3c2CSc2nnc(C)s2)cc1OC. The predicted octanol–water partition coefficient (Wildman–Crippen LogP) is 5.46. The standard InChI is InChI=1S/C22H21N3O4S2/c1-12-9-18(27-3)19(28-4)10-16(12)23-21(26)20-15(11-30-22-25-24-13(2)31-22)14-7-5-6-8-17(14)29-20/h5-10H,11H2,1-4H3,(H,23,26). The van der Waals surface area contributed by atoms with Crippen LogP contribution < -0.4 is 14.8 Å². The van der Waals surface area contributed by atoms with Crippen molar-refractivity contribution in [3.8, 4) is 11.5 Å². The molecule has 160 valence electrons. The first-order valence-corrected chi connectivity index (χ1v) is 11.3. The number of aryl methyl sites for hydroxylation is 2. The number of nitrogens with one attached hydrogen (secondary N) is 1. The van der Waals surface area contributed by atoms with Gasteiger partial charge in [0.25, 0.3) is 5.91 Å². The average molecular weight is 456 g/mol. The summed E-state index contributed by atoms with van der Waals surface area (Å²) in [6.45, 7) is 3.81. The molecular weight excluding hydrogens is 434 g/mol. The van der Waals surface area contributed by atoms with Crippen molar-refractivity contribution in [2.75, 3.05) is 19.5 Å². The first kappa shape index (κ1) is 21.2. The Hall–Kier alpha value is -3.04. The van der Waals surface area contributed by atoms with E-state index in [0.717, 1.165) is 25.9 Å². The molecule has 0 fully saturated rings. The summed E-state index contributed by atoms with van der Waals surface area (Å²) in [6, 6.07) is 11.2. The number of anilines is 1. The zero-order valence-corrected chi connectivity index (χ0v) is 19.1. The average Bonchev–Trinajstić information content (AvgIpc) is 3.36. The lowest BCUT2D eigenvalue weighted by Gasteiger charge is -2.13. The van der Waals surface area contributed by atoms with Crippen LogP contribution in [0.4, 0.5) is 5.69 Å². The molecule has 0 radical (unpaired) electrons. The number of aromatic nitrogens is 2. The Morgan fingerprint density at radius 3 is 2.58 bits per heavy atom. The molecule has 7 nitrogen and oxygen atoms in total. The molecular formula is C22H21N3O4S2. The summed E-state index contributed by atoms with van der Waals surface area (Å²) in [5.74, 6) is 1.64. The number of thioether (sulfide) groups is 1. The van der Waals surface area contributed by atoms with Gasteiger partial charge < -0.3 is 19.2 Å². The summed E-state index contributed by atoms with van der Waals surface area (Å²) in [4.78, 5) is 13.2. The van der Waals surface area contributed by atoms with E-state index in [1.54, 1.807) is 20.3 Å². The number of para-hydroxylation sites is 1. The van der Waals surface area contributed by atoms with Gasteiger partial charge in [0.1, 0.15) is 10.6 Å². The van der Waals surface area contributed by atoms with Gasteiger partial charge in [0.05, 0.1) is 14.2 Å². The van der Waals surface area contributed by atoms with Crippen LogP contribution in [0.3, 0.4) is 0 Å². The molecule has 2 heterocycles. The highest BCUT2D eigenvalue weighted by Crippen LogP contribution is 2.35. The molecule has 0 aliphatic carbocycles. The fourth-order valence-corrected chi connectivity index (χ4v) is 5.03. The van der Waals surface area contributed by atoms with Gasteiger partial charge in [0, 0.05) is 28.5 Å². The minimum atomic E-state index is -0.324. The summed E-state index contributed by atoms with van der Waals surface area (Å²) >= 11 is 3.06. The molecule has 0 aliphatic heterocycles. The van der Waals surface area contributed by atoms with Crippen LogP contribution in [0.1, 0.15) is 26.7 Å². The third-order valence-corrected chi connectivity index (χ3v) is 6.73. The smallest absolute Gasteiger partial charge is 0.291 e. The van der Waals surface area contributed by atoms with E-state index in [9.17, 15) is 4.79 Å². The van der Waals surface area contributed by atoms with Crippen molar-refractivity contribution in [1.82, 2.24) is 10.2 Å². The molecule has 9 heteroatoms. The van der Waals surface area contributed by atoms with E-state index >= 15 is 0 Å². The number of nitrogens with zero attached hydrogens (tertiary/aromatic N) is 2. The van der Waals surface area contributed by atoms with Gasteiger partial charge >= 0.3 is 0 Å². The van der Waals surface area contributed by atoms with Crippen LogP contribution in [0, 0.1) is 13.8 Å². The maximum Gasteiger partial charge on any atom is 0.291 e. The predicted molar refractivity (Wildman–Crippen MR) is 123 cm³/mol. The van der Waals surface area contributed by atoms with Gasteiger partial charge in [-0.2, -0.15) is 0 Å². The van der Waals surface area contributed by atoms with Crippen LogP contribution in [-0.2, 0) is 5.75 Å². The highest BCUT2D eigenvalue weighted by atomic mass is 32.2. The van der Waals surface area contributed by atoms with Crippen molar-refractivity contribution in [3.05, 3.63) is 58.3 Å². The topological polar surface area (TPSA) is 86.5 Å². The molecule has 2 aromatic carbocycles. The maximum absolute atomic E-state index is 13.2. The Labute approximate surface area is 187 Å². The van der Waals surface area contributed by atoms with Crippen molar-refractivity contribution in [3.63, 3.8) is 0 Å². The van der Waals surface area contributed by atoms with Gasteiger partial charge in [-0.05, 0) is 31.5 Å². The van der Waals surface area contributed by atoms with E-state index in [2.05, 4.69) is 15.5 Å². The van der Waals surface area contributed by atoms with Crippen molar-refractivity contribution in [2.24, 2.45) is 0 Å². The molecule has 0 atom stereocenters. The second-order valence-electron chi connectivity index (χ2n) is 6.76. The Morgan fingerprint density at radius 1 is 1.13 bits per heavy atom. The first-order valence-electron chi connectivity index (χ1n) is 9.47. The Morgan fingerprint density at radius 2 is 1.87 bits per heavy atom. The second kappa shape index (κ2) is 8.99. The molecule has 1 amide bonds. The Kier molecular flexibility index (Phi) is 6.15. The summed E-state index contributed by atoms with van der Waals surface area (Å²) in [6.07, 6.45) is 0. The van der Waals surface area contributed by atoms with Gasteiger partial charge in [0.2, 0.25) is 0 Å². The number of fused-ring (bicyclic) bond motifs is 1. The number of furan rings is 1. The molecule has 0 bridgehead atoms. The summed E-state index contributed by atoms with van der Waals surface area (Å²) in [5, 5.41) is 13.0. The highest BCUT2D eigenvalue weighted by Gasteiger charge is 2.22. The molecule has 0 unspecified atom stereocenters. The number of carbonyl (C=O) groups is 1. The summed E-state index contributed by atoms with van der Waals surface area (Å²) in [5.41, 5.74) is 2.97. The minimum Gasteiger partial charge on any atom is -0.493 e. The number of amides is 1. The number of hydrogen-bond acceptors (Lipinski definition) is 8. The number of carbonyl (C=O) groups excluding carboxylic acids is 1. The van der Waals surface area contributed by atoms with Gasteiger partial charge in [-0.15, -0.1) is 10.2 Å². The van der Waals surface area contributed by atoms with Crippen LogP contribution in [0.5, 0.6) is 11.5 Å². The molecule has 2 aromatic heterocycles. The number of benzene rings is 2. The zero-order valence-electron chi connectivity index (χ0n) is 17.5. The number of rotatable bonds is 7. The first-order chi connectivity index (χ1) is 15.0. The van der Waals surface area contributed by atoms with Crippen LogP contribution in [0.25, 0.3) is 11.0 Å². The number of methoxy groups -OCH3 is 2. The third kappa shape index (κ3) is 4.38. The monoisotopic (exact) mass is 455 g/mol. The van der Waals surface area contributed by atoms with Gasteiger partial charge in [-0.3, -0.25) is 4.79 Å². The highest BCUT2D eigenvalue weighted by molar-refractivity contribution is 8.00. The van der Waals surface area contributed by atoms with E-state index in [0.29, 0.717) is 28.5 Å². The molecule has 0 saturated carbocycles. The Bertz CT molecular complexity index is 1250. The van der Waals surface area contributed by atoms with Crippen molar-refractivity contribution < 1.29 is 18.7 Å². The van der Waals surface area contributed by atoms with Crippen molar-refractivity contribution in [2.45, 2.75) is 23.9 Å². The fraction of sp³-hybridized carbons (Fsp3) is 0.227. The molecule has 0 aliphatic rings. The van der Waals surface area contributed by atoms with E-state index in [4.69, 9.17) is 13.9 Å². The Balaban J connectivity index is 1.66. The second-order valence-corrected chi connectivity index (χ2v) is 9.16. The largest absolute Gasteiger partial charge is 0.493 e. The lowest BCUT2D eigenvalue weighted by atomic mass is 10.1. The summed E-state index contributed by atoms with van der Waals surface area (Å²) < 4.78 is 17.5. The van der Waals surface area contributed by atoms with E-state index in [-0.39, 0.29) is 11.7 Å². The van der Waals surface area contributed by atoms with Gasteiger partial charge in [-0.25, -0.2) is 0 Å². The molecule has 4 aromatic rings. The minimum absolute atomic E-state index is 0.282. The van der Waals surface area contributed by atoms with E-state index in [1.165, 1.54) is 23.1 Å². The van der Waals surface area contributed by atoms with Gasteiger partial charge in [-0.1, -0.05) is 41.3 Å². The van der Waals surface area contributed by atoms with Crippen molar-refractivity contribution in [1.29, 1.82) is 0 Å². The fourth-order valence-electron chi connectivity index (χ4n) is 3.19. The van der Waals surface area contributed by atoms with Crippen LogP contribution >= 0.6 is 23.1 Å². The molecule has 0 saturated heterocycles. The number of ether oxygens (including phenoxy) is 2. The zero-order chi connectivity index (χ0) is 22.0. The molecule has 4 rings (SSSR count). The molecule has 1 N–H and O–H groups in total. The van der Waals surface area contributed by atoms with Gasteiger partial charge in [0.15, 0.2) is 21.6 Å². The lowest BCUT2D eigenvalue weighted by molar-refractivity contribution is 0.0997. The summed E-state index contributed by atoms with van der Waals surface area (Å²) in [7, 11) is 3.13. The normalized spacial score (nSPS) is 11.0. The third-order valence-electron chi connectivity index (χ3n) is 4.73. The maximum atomic E-state index is 13.2. The lowest BCUT2D eigenvalue weighted by Crippen LogP contribution is -2.14. The molecule has 31 heavy (non-hydrogen) atoms. The van der Waals surface area contributed by atoms with E-state index in [1.807, 2.05) is 44.2 Å². The molecule has 0 spiro atoms. The quantitative estimate of drug-likeness (QED) is 0.370. The van der Waals surface area contributed by atoms with E-state index < -0.39 is 0 Å². The van der Waals surface area contributed by atoms with Crippen LogP contribution in [0.15, 0.2) is 45.2 Å².